The minimum Gasteiger partial charge on any atom is -0.368 e. The van der Waals surface area contributed by atoms with Crippen LogP contribution in [0.1, 0.15) is 12.5 Å². The lowest BCUT2D eigenvalue weighted by Gasteiger charge is -2.35. The van der Waals surface area contributed by atoms with Gasteiger partial charge in [-0.2, -0.15) is 0 Å². The van der Waals surface area contributed by atoms with Crippen LogP contribution in [0.3, 0.4) is 0 Å². The van der Waals surface area contributed by atoms with E-state index < -0.39 is 0 Å². The van der Waals surface area contributed by atoms with Gasteiger partial charge in [-0.15, -0.1) is 0 Å². The van der Waals surface area contributed by atoms with E-state index in [1.807, 2.05) is 17.0 Å². The Kier molecular flexibility index (Phi) is 4.98. The second-order valence-electron chi connectivity index (χ2n) is 5.08. The Labute approximate surface area is 125 Å². The summed E-state index contributed by atoms with van der Waals surface area (Å²) < 4.78 is 0. The van der Waals surface area contributed by atoms with Crippen molar-refractivity contribution >= 4 is 17.5 Å². The number of hydrogen-bond acceptors (Lipinski definition) is 3. The monoisotopic (exact) mass is 287 g/mol. The summed E-state index contributed by atoms with van der Waals surface area (Å²) in [4.78, 5) is 26.6. The maximum Gasteiger partial charge on any atom is 0.243 e. The van der Waals surface area contributed by atoms with Crippen LogP contribution in [0, 0.1) is 0 Å². The molecule has 0 saturated carbocycles. The predicted octanol–water partition coefficient (Wildman–Crippen LogP) is 1.16. The van der Waals surface area contributed by atoms with Gasteiger partial charge in [0.25, 0.3) is 0 Å². The first-order chi connectivity index (χ1) is 10.1. The van der Waals surface area contributed by atoms with Gasteiger partial charge in [-0.3, -0.25) is 9.59 Å². The molecule has 0 atom stereocenters. The summed E-state index contributed by atoms with van der Waals surface area (Å²) >= 11 is 0. The summed E-state index contributed by atoms with van der Waals surface area (Å²) in [5.41, 5.74) is 2.20. The molecule has 2 amide bonds. The van der Waals surface area contributed by atoms with Crippen LogP contribution in [0.15, 0.2) is 36.9 Å². The van der Waals surface area contributed by atoms with Gasteiger partial charge in [0.1, 0.15) is 0 Å². The molecule has 1 N–H and O–H groups in total. The average molecular weight is 287 g/mol. The van der Waals surface area contributed by atoms with Crippen LogP contribution in [-0.4, -0.2) is 42.9 Å². The lowest BCUT2D eigenvalue weighted by Crippen LogP contribution is -2.48. The van der Waals surface area contributed by atoms with Gasteiger partial charge in [0, 0.05) is 45.3 Å². The van der Waals surface area contributed by atoms with Crippen LogP contribution in [0.2, 0.25) is 0 Å². The van der Waals surface area contributed by atoms with Crippen molar-refractivity contribution in [3.05, 3.63) is 42.5 Å². The van der Waals surface area contributed by atoms with Gasteiger partial charge >= 0.3 is 0 Å². The fourth-order valence-electron chi connectivity index (χ4n) is 2.37. The van der Waals surface area contributed by atoms with Gasteiger partial charge in [0.2, 0.25) is 11.8 Å². The summed E-state index contributed by atoms with van der Waals surface area (Å²) in [6.07, 6.45) is 1.27. The molecule has 0 spiro atoms. The van der Waals surface area contributed by atoms with E-state index in [0.717, 1.165) is 37.4 Å². The molecule has 1 fully saturated rings. The molecule has 0 bridgehead atoms. The fourth-order valence-corrected chi connectivity index (χ4v) is 2.37. The maximum atomic E-state index is 11.3. The highest BCUT2D eigenvalue weighted by Crippen LogP contribution is 2.17. The third-order valence-corrected chi connectivity index (χ3v) is 3.68. The van der Waals surface area contributed by atoms with Crippen LogP contribution in [0.4, 0.5) is 5.69 Å². The SMILES string of the molecule is C=CC(=O)NCc1ccc(N2CCN(C(C)=O)CC2)cc1. The Morgan fingerprint density at radius 3 is 2.33 bits per heavy atom. The highest BCUT2D eigenvalue weighted by Gasteiger charge is 2.18. The van der Waals surface area contributed by atoms with Crippen LogP contribution >= 0.6 is 0 Å². The van der Waals surface area contributed by atoms with Crippen molar-refractivity contribution in [3.8, 4) is 0 Å². The lowest BCUT2D eigenvalue weighted by atomic mass is 10.1. The molecule has 0 aliphatic carbocycles. The number of anilines is 1. The number of carbonyl (C=O) groups excluding carboxylic acids is 2. The average Bonchev–Trinajstić information content (AvgIpc) is 2.53. The number of piperazine rings is 1. The smallest absolute Gasteiger partial charge is 0.243 e. The first-order valence-corrected chi connectivity index (χ1v) is 7.10. The quantitative estimate of drug-likeness (QED) is 0.845. The maximum absolute atomic E-state index is 11.3. The summed E-state index contributed by atoms with van der Waals surface area (Å²) in [7, 11) is 0. The molecule has 1 aromatic carbocycles. The third kappa shape index (κ3) is 4.08. The van der Waals surface area contributed by atoms with E-state index in [1.54, 1.807) is 6.92 Å². The molecule has 112 valence electrons. The molecular weight excluding hydrogens is 266 g/mol. The zero-order valence-corrected chi connectivity index (χ0v) is 12.3. The Balaban J connectivity index is 1.89. The van der Waals surface area contributed by atoms with Crippen molar-refractivity contribution in [2.75, 3.05) is 31.1 Å². The molecule has 1 aliphatic heterocycles. The van der Waals surface area contributed by atoms with Crippen LogP contribution in [0.25, 0.3) is 0 Å². The molecule has 1 saturated heterocycles. The van der Waals surface area contributed by atoms with E-state index in [0.29, 0.717) is 6.54 Å². The van der Waals surface area contributed by atoms with E-state index in [1.165, 1.54) is 6.08 Å². The number of carbonyl (C=O) groups is 2. The number of rotatable bonds is 4. The molecule has 0 radical (unpaired) electrons. The van der Waals surface area contributed by atoms with Crippen molar-refractivity contribution in [2.24, 2.45) is 0 Å². The molecule has 0 unspecified atom stereocenters. The van der Waals surface area contributed by atoms with Crippen molar-refractivity contribution in [2.45, 2.75) is 13.5 Å². The van der Waals surface area contributed by atoms with Crippen molar-refractivity contribution in [3.63, 3.8) is 0 Å². The minimum absolute atomic E-state index is 0.142. The molecular formula is C16H21N3O2. The van der Waals surface area contributed by atoms with Gasteiger partial charge in [0.05, 0.1) is 0 Å². The molecule has 1 aromatic rings. The minimum atomic E-state index is -0.167. The van der Waals surface area contributed by atoms with E-state index in [9.17, 15) is 9.59 Å². The number of amides is 2. The number of nitrogens with one attached hydrogen (secondary N) is 1. The van der Waals surface area contributed by atoms with Gasteiger partial charge in [0.15, 0.2) is 0 Å². The first kappa shape index (κ1) is 15.1. The van der Waals surface area contributed by atoms with Crippen LogP contribution in [0.5, 0.6) is 0 Å². The van der Waals surface area contributed by atoms with Crippen LogP contribution in [-0.2, 0) is 16.1 Å². The van der Waals surface area contributed by atoms with E-state index in [4.69, 9.17) is 0 Å². The highest BCUT2D eigenvalue weighted by atomic mass is 16.2. The number of nitrogens with zero attached hydrogens (tertiary/aromatic N) is 2. The van der Waals surface area contributed by atoms with Gasteiger partial charge in [-0.05, 0) is 23.8 Å². The number of hydrogen-bond donors (Lipinski definition) is 1. The van der Waals surface area contributed by atoms with Crippen molar-refractivity contribution in [1.82, 2.24) is 10.2 Å². The zero-order valence-electron chi connectivity index (χ0n) is 12.3. The molecule has 2 rings (SSSR count). The zero-order chi connectivity index (χ0) is 15.2. The first-order valence-electron chi connectivity index (χ1n) is 7.10. The Morgan fingerprint density at radius 2 is 1.81 bits per heavy atom. The topological polar surface area (TPSA) is 52.7 Å². The summed E-state index contributed by atoms with van der Waals surface area (Å²) in [5, 5.41) is 2.75. The van der Waals surface area contributed by atoms with Gasteiger partial charge in [-0.1, -0.05) is 18.7 Å². The molecule has 0 aromatic heterocycles. The largest absolute Gasteiger partial charge is 0.368 e. The molecule has 1 aliphatic rings. The second kappa shape index (κ2) is 6.92. The van der Waals surface area contributed by atoms with Crippen LogP contribution < -0.4 is 10.2 Å². The third-order valence-electron chi connectivity index (χ3n) is 3.68. The summed E-state index contributed by atoms with van der Waals surface area (Å²) in [5.74, 6) is -0.0256. The van der Waals surface area contributed by atoms with E-state index in [2.05, 4.69) is 28.9 Å². The molecule has 21 heavy (non-hydrogen) atoms. The van der Waals surface area contributed by atoms with Gasteiger partial charge in [-0.25, -0.2) is 0 Å². The van der Waals surface area contributed by atoms with E-state index >= 15 is 0 Å². The Hall–Kier alpha value is -2.30. The van der Waals surface area contributed by atoms with Crippen molar-refractivity contribution in [1.29, 1.82) is 0 Å². The second-order valence-corrected chi connectivity index (χ2v) is 5.08. The fraction of sp³-hybridized carbons (Fsp3) is 0.375. The predicted molar refractivity (Wildman–Crippen MR) is 83.0 cm³/mol. The number of benzene rings is 1. The Bertz CT molecular complexity index is 517. The van der Waals surface area contributed by atoms with Gasteiger partial charge < -0.3 is 15.1 Å². The lowest BCUT2D eigenvalue weighted by molar-refractivity contribution is -0.129. The summed E-state index contributed by atoms with van der Waals surface area (Å²) in [6.45, 7) is 8.78. The molecule has 5 heteroatoms. The molecule has 1 heterocycles. The Morgan fingerprint density at radius 1 is 1.19 bits per heavy atom. The summed E-state index contributed by atoms with van der Waals surface area (Å²) in [6, 6.07) is 8.13. The van der Waals surface area contributed by atoms with Crippen molar-refractivity contribution < 1.29 is 9.59 Å². The molecule has 5 nitrogen and oxygen atoms in total. The normalized spacial score (nSPS) is 14.7. The highest BCUT2D eigenvalue weighted by molar-refractivity contribution is 5.86. The van der Waals surface area contributed by atoms with E-state index in [-0.39, 0.29) is 11.8 Å². The standard InChI is InChI=1S/C16H21N3O2/c1-3-16(21)17-12-14-4-6-15(7-5-14)19-10-8-18(9-11-19)13(2)20/h3-7H,1,8-12H2,2H3,(H,17,21).